The summed E-state index contributed by atoms with van der Waals surface area (Å²) in [4.78, 5) is 26.0. The third kappa shape index (κ3) is 8.54. The van der Waals surface area contributed by atoms with Crippen LogP contribution in [0.3, 0.4) is 0 Å². The van der Waals surface area contributed by atoms with Gasteiger partial charge in [0.15, 0.2) is 0 Å². The summed E-state index contributed by atoms with van der Waals surface area (Å²) in [6.45, 7) is 10.1. The van der Waals surface area contributed by atoms with E-state index in [4.69, 9.17) is 4.74 Å². The number of likely N-dealkylation sites (N-methyl/N-ethyl adjacent to an activating group) is 1. The molecule has 25 heavy (non-hydrogen) atoms. The molecule has 0 heterocycles. The topological polar surface area (TPSA) is 70.7 Å². The highest BCUT2D eigenvalue weighted by atomic mass is 16.5. The first kappa shape index (κ1) is 21.0. The van der Waals surface area contributed by atoms with Crippen molar-refractivity contribution in [3.63, 3.8) is 0 Å². The molecule has 0 saturated heterocycles. The Kier molecular flexibility index (Phi) is 10.3. The predicted molar refractivity (Wildman–Crippen MR) is 101 cm³/mol. The first-order chi connectivity index (χ1) is 12.1. The van der Waals surface area contributed by atoms with E-state index in [1.54, 1.807) is 24.3 Å². The largest absolute Gasteiger partial charge is 0.449 e. The van der Waals surface area contributed by atoms with Gasteiger partial charge in [-0.15, -0.1) is 0 Å². The minimum absolute atomic E-state index is 0.110. The summed E-state index contributed by atoms with van der Waals surface area (Å²) < 4.78 is 5.09. The van der Waals surface area contributed by atoms with E-state index in [2.05, 4.69) is 36.3 Å². The molecule has 0 unspecified atom stereocenters. The number of ether oxygens (including phenoxy) is 1. The number of carbonyl (C=O) groups excluding carboxylic acids is 2. The molecular formula is C19H31N3O3. The van der Waals surface area contributed by atoms with Crippen molar-refractivity contribution in [1.82, 2.24) is 10.2 Å². The molecule has 6 nitrogen and oxygen atoms in total. The number of unbranched alkanes of at least 4 members (excludes halogenated alkanes) is 2. The van der Waals surface area contributed by atoms with Crippen molar-refractivity contribution in [3.8, 4) is 0 Å². The van der Waals surface area contributed by atoms with Crippen molar-refractivity contribution in [2.45, 2.75) is 40.0 Å². The number of hydrogen-bond acceptors (Lipinski definition) is 4. The van der Waals surface area contributed by atoms with Crippen LogP contribution in [0.25, 0.3) is 0 Å². The fraction of sp³-hybridized carbons (Fsp3) is 0.579. The van der Waals surface area contributed by atoms with Gasteiger partial charge in [0.25, 0.3) is 5.91 Å². The lowest BCUT2D eigenvalue weighted by atomic mass is 10.2. The summed E-state index contributed by atoms with van der Waals surface area (Å²) >= 11 is 0. The summed E-state index contributed by atoms with van der Waals surface area (Å²) in [5.41, 5.74) is 1.18. The molecule has 0 saturated carbocycles. The van der Waals surface area contributed by atoms with Gasteiger partial charge < -0.3 is 15.0 Å². The second kappa shape index (κ2) is 12.3. The Labute approximate surface area is 150 Å². The predicted octanol–water partition coefficient (Wildman–Crippen LogP) is 3.50. The Balaban J connectivity index is 2.37. The van der Waals surface area contributed by atoms with Crippen LogP contribution in [-0.2, 0) is 4.74 Å². The highest BCUT2D eigenvalue weighted by Crippen LogP contribution is 2.10. The molecule has 1 aromatic rings. The van der Waals surface area contributed by atoms with Crippen molar-refractivity contribution in [3.05, 3.63) is 29.8 Å². The van der Waals surface area contributed by atoms with Crippen LogP contribution in [-0.4, -0.2) is 49.7 Å². The fourth-order valence-electron chi connectivity index (χ4n) is 2.35. The van der Waals surface area contributed by atoms with E-state index in [1.807, 2.05) is 0 Å². The second-order valence-electron chi connectivity index (χ2n) is 5.83. The molecule has 0 aliphatic carbocycles. The molecule has 0 atom stereocenters. The van der Waals surface area contributed by atoms with Gasteiger partial charge in [-0.3, -0.25) is 10.1 Å². The van der Waals surface area contributed by atoms with Crippen molar-refractivity contribution >= 4 is 17.7 Å². The number of benzene rings is 1. The normalized spacial score (nSPS) is 10.6. The lowest BCUT2D eigenvalue weighted by molar-refractivity contribution is 0.0949. The van der Waals surface area contributed by atoms with E-state index in [9.17, 15) is 9.59 Å². The van der Waals surface area contributed by atoms with Crippen molar-refractivity contribution in [1.29, 1.82) is 0 Å². The Morgan fingerprint density at radius 2 is 1.72 bits per heavy atom. The number of nitrogens with zero attached hydrogens (tertiary/aromatic N) is 1. The third-order valence-corrected chi connectivity index (χ3v) is 3.98. The molecule has 0 aliphatic heterocycles. The van der Waals surface area contributed by atoms with E-state index >= 15 is 0 Å². The van der Waals surface area contributed by atoms with Crippen molar-refractivity contribution in [2.75, 3.05) is 38.1 Å². The van der Waals surface area contributed by atoms with Crippen molar-refractivity contribution in [2.24, 2.45) is 0 Å². The van der Waals surface area contributed by atoms with Crippen LogP contribution in [0.1, 0.15) is 50.4 Å². The molecule has 0 aliphatic rings. The van der Waals surface area contributed by atoms with Gasteiger partial charge in [-0.05, 0) is 43.8 Å². The highest BCUT2D eigenvalue weighted by Gasteiger charge is 2.07. The average molecular weight is 349 g/mol. The molecule has 0 radical (unpaired) electrons. The Hall–Kier alpha value is -2.08. The van der Waals surface area contributed by atoms with Crippen LogP contribution >= 0.6 is 0 Å². The lowest BCUT2D eigenvalue weighted by Gasteiger charge is -2.17. The molecule has 2 N–H and O–H groups in total. The summed E-state index contributed by atoms with van der Waals surface area (Å²) in [5.74, 6) is -0.110. The summed E-state index contributed by atoms with van der Waals surface area (Å²) in [7, 11) is 0. The van der Waals surface area contributed by atoms with E-state index in [-0.39, 0.29) is 5.91 Å². The van der Waals surface area contributed by atoms with E-state index < -0.39 is 6.09 Å². The molecular weight excluding hydrogens is 318 g/mol. The number of carbonyl (C=O) groups is 2. The van der Waals surface area contributed by atoms with Gasteiger partial charge >= 0.3 is 6.09 Å². The van der Waals surface area contributed by atoms with Crippen LogP contribution < -0.4 is 10.6 Å². The first-order valence-corrected chi connectivity index (χ1v) is 9.15. The zero-order valence-corrected chi connectivity index (χ0v) is 15.6. The van der Waals surface area contributed by atoms with Crippen molar-refractivity contribution < 1.29 is 14.3 Å². The Morgan fingerprint density at radius 3 is 2.32 bits per heavy atom. The van der Waals surface area contributed by atoms with Gasteiger partial charge in [0, 0.05) is 24.3 Å². The molecule has 140 valence electrons. The molecule has 6 heteroatoms. The van der Waals surface area contributed by atoms with Gasteiger partial charge in [-0.1, -0.05) is 33.6 Å². The number of rotatable bonds is 11. The standard InChI is InChI=1S/C19H31N3O3/c1-4-7-8-15-25-19(24)21-17-11-9-16(10-12-17)18(23)20-13-14-22(5-2)6-3/h9-12H,4-8,13-15H2,1-3H3,(H,20,23)(H,21,24). The van der Waals surface area contributed by atoms with Gasteiger partial charge in [0.05, 0.1) is 6.61 Å². The number of hydrogen-bond donors (Lipinski definition) is 2. The monoisotopic (exact) mass is 349 g/mol. The average Bonchev–Trinajstić information content (AvgIpc) is 2.63. The Bertz CT molecular complexity index is 513. The zero-order valence-electron chi connectivity index (χ0n) is 15.6. The van der Waals surface area contributed by atoms with Gasteiger partial charge in [0.2, 0.25) is 0 Å². The van der Waals surface area contributed by atoms with E-state index in [0.717, 1.165) is 38.9 Å². The Morgan fingerprint density at radius 1 is 1.04 bits per heavy atom. The first-order valence-electron chi connectivity index (χ1n) is 9.15. The lowest BCUT2D eigenvalue weighted by Crippen LogP contribution is -2.34. The third-order valence-electron chi connectivity index (χ3n) is 3.98. The SMILES string of the molecule is CCCCCOC(=O)Nc1ccc(C(=O)NCCN(CC)CC)cc1. The zero-order chi connectivity index (χ0) is 18.5. The quantitative estimate of drug-likeness (QED) is 0.600. The number of nitrogens with one attached hydrogen (secondary N) is 2. The fourth-order valence-corrected chi connectivity index (χ4v) is 2.35. The van der Waals surface area contributed by atoms with Crippen LogP contribution in [0.4, 0.5) is 10.5 Å². The molecule has 0 bridgehead atoms. The molecule has 1 aromatic carbocycles. The molecule has 0 aromatic heterocycles. The second-order valence-corrected chi connectivity index (χ2v) is 5.83. The van der Waals surface area contributed by atoms with E-state index in [1.165, 1.54) is 0 Å². The van der Waals surface area contributed by atoms with Gasteiger partial charge in [0.1, 0.15) is 0 Å². The molecule has 2 amide bonds. The summed E-state index contributed by atoms with van der Waals surface area (Å²) in [6.07, 6.45) is 2.54. The van der Waals surface area contributed by atoms with Gasteiger partial charge in [-0.25, -0.2) is 4.79 Å². The van der Waals surface area contributed by atoms with Crippen LogP contribution in [0.15, 0.2) is 24.3 Å². The summed E-state index contributed by atoms with van der Waals surface area (Å²) in [5, 5.41) is 5.56. The maximum atomic E-state index is 12.1. The molecule has 0 fully saturated rings. The highest BCUT2D eigenvalue weighted by molar-refractivity contribution is 5.95. The minimum Gasteiger partial charge on any atom is -0.449 e. The molecule has 0 spiro atoms. The van der Waals surface area contributed by atoms with Crippen LogP contribution in [0, 0.1) is 0 Å². The minimum atomic E-state index is -0.465. The van der Waals surface area contributed by atoms with Gasteiger partial charge in [-0.2, -0.15) is 0 Å². The number of anilines is 1. The smallest absolute Gasteiger partial charge is 0.411 e. The summed E-state index contributed by atoms with van der Waals surface area (Å²) in [6, 6.07) is 6.79. The number of amides is 2. The van der Waals surface area contributed by atoms with Crippen LogP contribution in [0.2, 0.25) is 0 Å². The maximum absolute atomic E-state index is 12.1. The maximum Gasteiger partial charge on any atom is 0.411 e. The van der Waals surface area contributed by atoms with E-state index in [0.29, 0.717) is 24.4 Å². The molecule has 1 rings (SSSR count). The van der Waals surface area contributed by atoms with Crippen LogP contribution in [0.5, 0.6) is 0 Å².